The van der Waals surface area contributed by atoms with Crippen LogP contribution in [0.25, 0.3) is 0 Å². The molecule has 2 heterocycles. The molecule has 1 aliphatic heterocycles. The maximum atomic E-state index is 13.2. The second-order valence-electron chi connectivity index (χ2n) is 8.37. The Balaban J connectivity index is 1.72. The number of nitrogens with one attached hydrogen (secondary N) is 1. The number of nitrogens with zero attached hydrogens (tertiary/aromatic N) is 2. The summed E-state index contributed by atoms with van der Waals surface area (Å²) < 4.78 is 10.6. The molecule has 2 aliphatic rings. The number of carbonyl (C=O) groups is 3. The van der Waals surface area contributed by atoms with Crippen LogP contribution in [0.1, 0.15) is 38.7 Å². The molecule has 3 rings (SSSR count). The van der Waals surface area contributed by atoms with E-state index in [0.717, 1.165) is 0 Å². The van der Waals surface area contributed by atoms with Gasteiger partial charge in [0.2, 0.25) is 23.6 Å². The highest BCUT2D eigenvalue weighted by atomic mass is 16.5. The largest absolute Gasteiger partial charge is 0.475 e. The van der Waals surface area contributed by atoms with E-state index in [2.05, 4.69) is 10.3 Å². The normalized spacial score (nSPS) is 21.4. The minimum Gasteiger partial charge on any atom is -0.475 e. The van der Waals surface area contributed by atoms with Crippen LogP contribution in [-0.4, -0.2) is 54.0 Å². The van der Waals surface area contributed by atoms with Gasteiger partial charge in [0.15, 0.2) is 0 Å². The quantitative estimate of drug-likeness (QED) is 0.347. The van der Waals surface area contributed by atoms with Gasteiger partial charge in [-0.2, -0.15) is 0 Å². The molecule has 8 nitrogen and oxygen atoms in total. The van der Waals surface area contributed by atoms with Crippen molar-refractivity contribution in [2.75, 3.05) is 20.3 Å². The van der Waals surface area contributed by atoms with E-state index in [1.54, 1.807) is 19.4 Å². The van der Waals surface area contributed by atoms with Gasteiger partial charge in [0.1, 0.15) is 12.6 Å². The van der Waals surface area contributed by atoms with Crippen LogP contribution in [0.15, 0.2) is 30.5 Å². The van der Waals surface area contributed by atoms with Crippen LogP contribution in [0.3, 0.4) is 0 Å². The Labute approximate surface area is 183 Å². The van der Waals surface area contributed by atoms with Gasteiger partial charge in [0.05, 0.1) is 18.4 Å². The van der Waals surface area contributed by atoms with Crippen molar-refractivity contribution in [2.24, 2.45) is 17.8 Å². The molecule has 168 valence electrons. The number of carbonyl (C=O) groups excluding carboxylic acids is 3. The predicted molar refractivity (Wildman–Crippen MR) is 114 cm³/mol. The highest BCUT2D eigenvalue weighted by Gasteiger charge is 2.51. The fourth-order valence-electron chi connectivity index (χ4n) is 4.12. The van der Waals surface area contributed by atoms with Gasteiger partial charge in [-0.15, -0.1) is 0 Å². The molecule has 3 unspecified atom stereocenters. The third-order valence-corrected chi connectivity index (χ3v) is 5.68. The average molecular weight is 430 g/mol. The summed E-state index contributed by atoms with van der Waals surface area (Å²) in [7, 11) is 1.59. The van der Waals surface area contributed by atoms with Gasteiger partial charge in [0, 0.05) is 25.4 Å². The number of allylic oxidation sites excluding steroid dienone is 2. The van der Waals surface area contributed by atoms with Crippen molar-refractivity contribution >= 4 is 17.7 Å². The minimum absolute atomic E-state index is 0.142. The molecular formula is C23H31N3O5. The van der Waals surface area contributed by atoms with Gasteiger partial charge in [0.25, 0.3) is 0 Å². The van der Waals surface area contributed by atoms with Gasteiger partial charge in [-0.1, -0.05) is 32.1 Å². The Morgan fingerprint density at radius 2 is 1.87 bits per heavy atom. The van der Waals surface area contributed by atoms with Crippen LogP contribution < -0.4 is 10.1 Å². The number of hydrogen-bond acceptors (Lipinski definition) is 6. The number of ether oxygens (including phenoxy) is 2. The molecule has 1 aliphatic carbocycles. The van der Waals surface area contributed by atoms with Crippen LogP contribution >= 0.6 is 0 Å². The number of likely N-dealkylation sites (tertiary alicyclic amines) is 1. The van der Waals surface area contributed by atoms with Crippen LogP contribution in [0.2, 0.25) is 0 Å². The second-order valence-corrected chi connectivity index (χ2v) is 8.37. The zero-order valence-corrected chi connectivity index (χ0v) is 18.4. The molecule has 1 fully saturated rings. The molecule has 0 saturated carbocycles. The van der Waals surface area contributed by atoms with Crippen molar-refractivity contribution in [3.63, 3.8) is 0 Å². The van der Waals surface area contributed by atoms with Crippen LogP contribution in [0, 0.1) is 17.8 Å². The standard InChI is InChI=1S/C23H31N3O5/c1-15(2)13-19(26-22(28)17-8-4-5-9-18(17)23(26)29)20(27)25-14-16-7-6-10-24-21(16)31-12-11-30-3/h4-7,10,15,17-19H,8-9,11-14H2,1-3H3,(H,25,27). The number of aromatic nitrogens is 1. The number of hydrogen-bond donors (Lipinski definition) is 1. The fraction of sp³-hybridized carbons (Fsp3) is 0.565. The van der Waals surface area contributed by atoms with E-state index in [-0.39, 0.29) is 42.0 Å². The highest BCUT2D eigenvalue weighted by Crippen LogP contribution is 2.37. The first-order valence-corrected chi connectivity index (χ1v) is 10.8. The smallest absolute Gasteiger partial charge is 0.243 e. The molecule has 8 heteroatoms. The molecule has 1 N–H and O–H groups in total. The molecule has 1 aromatic heterocycles. The number of fused-ring (bicyclic) bond motifs is 1. The first-order chi connectivity index (χ1) is 14.9. The number of imide groups is 1. The summed E-state index contributed by atoms with van der Waals surface area (Å²) in [6, 6.07) is 2.76. The fourth-order valence-corrected chi connectivity index (χ4v) is 4.12. The Kier molecular flexibility index (Phi) is 7.79. The summed E-state index contributed by atoms with van der Waals surface area (Å²) in [4.78, 5) is 44.6. The maximum Gasteiger partial charge on any atom is 0.243 e. The number of methoxy groups -OCH3 is 1. The molecule has 1 aromatic rings. The summed E-state index contributed by atoms with van der Waals surface area (Å²) in [6.07, 6.45) is 7.04. The lowest BCUT2D eigenvalue weighted by molar-refractivity contribution is -0.148. The SMILES string of the molecule is COCCOc1ncccc1CNC(=O)C(CC(C)C)N1C(=O)C2CC=CCC2C1=O. The molecule has 31 heavy (non-hydrogen) atoms. The number of rotatable bonds is 10. The predicted octanol–water partition coefficient (Wildman–Crippen LogP) is 2.09. The molecule has 3 amide bonds. The van der Waals surface area contributed by atoms with E-state index in [1.807, 2.05) is 32.1 Å². The molecule has 1 saturated heterocycles. The highest BCUT2D eigenvalue weighted by molar-refractivity contribution is 6.08. The lowest BCUT2D eigenvalue weighted by atomic mass is 9.85. The van der Waals surface area contributed by atoms with Crippen molar-refractivity contribution < 1.29 is 23.9 Å². The van der Waals surface area contributed by atoms with E-state index >= 15 is 0 Å². The van der Waals surface area contributed by atoms with E-state index in [0.29, 0.717) is 43.9 Å². The van der Waals surface area contributed by atoms with Gasteiger partial charge in [-0.05, 0) is 31.2 Å². The molecule has 0 bridgehead atoms. The topological polar surface area (TPSA) is 97.8 Å². The van der Waals surface area contributed by atoms with E-state index in [9.17, 15) is 14.4 Å². The average Bonchev–Trinajstić information content (AvgIpc) is 3.01. The first-order valence-electron chi connectivity index (χ1n) is 10.8. The van der Waals surface area contributed by atoms with E-state index in [1.165, 1.54) is 4.90 Å². The Hall–Kier alpha value is -2.74. The molecule has 3 atom stereocenters. The lowest BCUT2D eigenvalue weighted by Crippen LogP contribution is -2.50. The van der Waals surface area contributed by atoms with Gasteiger partial charge < -0.3 is 14.8 Å². The summed E-state index contributed by atoms with van der Waals surface area (Å²) in [5, 5.41) is 2.88. The Morgan fingerprint density at radius 1 is 1.19 bits per heavy atom. The number of pyridine rings is 1. The lowest BCUT2D eigenvalue weighted by Gasteiger charge is -2.27. The van der Waals surface area contributed by atoms with Crippen molar-refractivity contribution in [3.05, 3.63) is 36.0 Å². The third kappa shape index (κ3) is 5.31. The zero-order valence-electron chi connectivity index (χ0n) is 18.4. The van der Waals surface area contributed by atoms with Crippen molar-refractivity contribution in [1.82, 2.24) is 15.2 Å². The molecule has 0 radical (unpaired) electrons. The summed E-state index contributed by atoms with van der Waals surface area (Å²) in [5.41, 5.74) is 0.715. The Morgan fingerprint density at radius 3 is 2.48 bits per heavy atom. The van der Waals surface area contributed by atoms with Gasteiger partial charge in [-0.25, -0.2) is 4.98 Å². The van der Waals surface area contributed by atoms with Crippen molar-refractivity contribution in [1.29, 1.82) is 0 Å². The second kappa shape index (κ2) is 10.5. The summed E-state index contributed by atoms with van der Waals surface area (Å²) in [6.45, 7) is 4.91. The van der Waals surface area contributed by atoms with E-state index < -0.39 is 6.04 Å². The van der Waals surface area contributed by atoms with Crippen LogP contribution in [-0.2, 0) is 25.7 Å². The zero-order chi connectivity index (χ0) is 22.4. The summed E-state index contributed by atoms with van der Waals surface area (Å²) >= 11 is 0. The molecule has 0 spiro atoms. The monoisotopic (exact) mass is 429 g/mol. The Bertz CT molecular complexity index is 812. The maximum absolute atomic E-state index is 13.2. The third-order valence-electron chi connectivity index (χ3n) is 5.68. The van der Waals surface area contributed by atoms with Crippen LogP contribution in [0.4, 0.5) is 0 Å². The summed E-state index contributed by atoms with van der Waals surface area (Å²) in [5.74, 6) is -0.934. The molecular weight excluding hydrogens is 398 g/mol. The van der Waals surface area contributed by atoms with Gasteiger partial charge >= 0.3 is 0 Å². The van der Waals surface area contributed by atoms with E-state index in [4.69, 9.17) is 9.47 Å². The first kappa shape index (κ1) is 22.9. The minimum atomic E-state index is -0.819. The van der Waals surface area contributed by atoms with Gasteiger partial charge in [-0.3, -0.25) is 19.3 Å². The molecule has 0 aromatic carbocycles. The van der Waals surface area contributed by atoms with Crippen LogP contribution in [0.5, 0.6) is 5.88 Å². The van der Waals surface area contributed by atoms with Crippen molar-refractivity contribution in [2.45, 2.75) is 45.7 Å². The number of amides is 3. The van der Waals surface area contributed by atoms with Crippen molar-refractivity contribution in [3.8, 4) is 5.88 Å².